The third kappa shape index (κ3) is 3.63. The maximum Gasteiger partial charge on any atom is 0.129 e. The highest BCUT2D eigenvalue weighted by molar-refractivity contribution is 6.83. The van der Waals surface area contributed by atoms with Crippen LogP contribution in [0.1, 0.15) is 5.56 Å². The molecule has 3 heteroatoms. The summed E-state index contributed by atoms with van der Waals surface area (Å²) < 4.78 is 0. The lowest BCUT2D eigenvalue weighted by molar-refractivity contribution is 1.28. The number of aromatic nitrogens is 1. The Kier molecular flexibility index (Phi) is 3.31. The van der Waals surface area contributed by atoms with Crippen LogP contribution in [-0.2, 0) is 0 Å². The topological polar surface area (TPSA) is 24.9 Å². The van der Waals surface area contributed by atoms with Crippen molar-refractivity contribution in [2.45, 2.75) is 19.6 Å². The Labute approximate surface area is 86.8 Å². The van der Waals surface area contributed by atoms with Gasteiger partial charge in [-0.15, -0.1) is 5.54 Å². The van der Waals surface area contributed by atoms with Crippen molar-refractivity contribution < 1.29 is 0 Å². The van der Waals surface area contributed by atoms with Gasteiger partial charge >= 0.3 is 0 Å². The zero-order chi connectivity index (χ0) is 10.6. The Balaban J connectivity index is 2.82. The summed E-state index contributed by atoms with van der Waals surface area (Å²) in [4.78, 5) is 4.20. The average molecular weight is 204 g/mol. The molecule has 0 unspecified atom stereocenters. The molecule has 0 atom stereocenters. The zero-order valence-electron chi connectivity index (χ0n) is 9.18. The van der Waals surface area contributed by atoms with E-state index >= 15 is 0 Å². The molecule has 74 valence electrons. The Bertz CT molecular complexity index is 352. The molecule has 0 aliphatic heterocycles. The van der Waals surface area contributed by atoms with Crippen molar-refractivity contribution in [2.75, 3.05) is 12.4 Å². The molecule has 0 spiro atoms. The molecule has 0 amide bonds. The Hall–Kier alpha value is -1.27. The highest BCUT2D eigenvalue weighted by atomic mass is 28.3. The fourth-order valence-corrected chi connectivity index (χ4v) is 1.39. The van der Waals surface area contributed by atoms with E-state index in [1.54, 1.807) is 6.20 Å². The Morgan fingerprint density at radius 3 is 2.43 bits per heavy atom. The van der Waals surface area contributed by atoms with Gasteiger partial charge in [0.1, 0.15) is 13.9 Å². The van der Waals surface area contributed by atoms with Crippen molar-refractivity contribution in [3.05, 3.63) is 23.9 Å². The molecule has 0 fully saturated rings. The SMILES string of the molecule is CNc1ccc(C#C[Si](C)(C)C)cn1. The second-order valence-electron chi connectivity index (χ2n) is 4.18. The monoisotopic (exact) mass is 204 g/mol. The molecule has 0 radical (unpaired) electrons. The van der Waals surface area contributed by atoms with Crippen LogP contribution in [0.2, 0.25) is 19.6 Å². The molecular weight excluding hydrogens is 188 g/mol. The van der Waals surface area contributed by atoms with Crippen molar-refractivity contribution in [1.29, 1.82) is 0 Å². The molecule has 0 bridgehead atoms. The summed E-state index contributed by atoms with van der Waals surface area (Å²) in [6, 6.07) is 3.93. The van der Waals surface area contributed by atoms with Crippen LogP contribution in [-0.4, -0.2) is 20.1 Å². The number of nitrogens with zero attached hydrogens (tertiary/aromatic N) is 1. The van der Waals surface area contributed by atoms with Crippen LogP contribution in [0, 0.1) is 11.5 Å². The van der Waals surface area contributed by atoms with Crippen LogP contribution in [0.5, 0.6) is 0 Å². The molecule has 1 aromatic heterocycles. The molecule has 0 aliphatic carbocycles. The minimum Gasteiger partial charge on any atom is -0.373 e. The van der Waals surface area contributed by atoms with Crippen LogP contribution in [0.25, 0.3) is 0 Å². The van der Waals surface area contributed by atoms with E-state index < -0.39 is 8.07 Å². The molecule has 14 heavy (non-hydrogen) atoms. The summed E-state index contributed by atoms with van der Waals surface area (Å²) >= 11 is 0. The van der Waals surface area contributed by atoms with E-state index in [0.29, 0.717) is 0 Å². The van der Waals surface area contributed by atoms with Crippen LogP contribution < -0.4 is 5.32 Å². The van der Waals surface area contributed by atoms with Gasteiger partial charge in [0.15, 0.2) is 0 Å². The van der Waals surface area contributed by atoms with Crippen molar-refractivity contribution in [2.24, 2.45) is 0 Å². The lowest BCUT2D eigenvalue weighted by atomic mass is 10.3. The van der Waals surface area contributed by atoms with Crippen molar-refractivity contribution in [1.82, 2.24) is 4.98 Å². The second-order valence-corrected chi connectivity index (χ2v) is 8.93. The zero-order valence-corrected chi connectivity index (χ0v) is 10.2. The van der Waals surface area contributed by atoms with Crippen LogP contribution >= 0.6 is 0 Å². The molecular formula is C11H16N2Si. The Morgan fingerprint density at radius 1 is 1.29 bits per heavy atom. The van der Waals surface area contributed by atoms with E-state index in [-0.39, 0.29) is 0 Å². The van der Waals surface area contributed by atoms with Crippen LogP contribution in [0.4, 0.5) is 5.82 Å². The lowest BCUT2D eigenvalue weighted by Crippen LogP contribution is -2.16. The smallest absolute Gasteiger partial charge is 0.129 e. The van der Waals surface area contributed by atoms with Gasteiger partial charge in [-0.05, 0) is 12.1 Å². The van der Waals surface area contributed by atoms with Gasteiger partial charge in [0, 0.05) is 18.8 Å². The molecule has 0 saturated carbocycles. The van der Waals surface area contributed by atoms with Gasteiger partial charge in [-0.3, -0.25) is 0 Å². The highest BCUT2D eigenvalue weighted by Crippen LogP contribution is 2.03. The van der Waals surface area contributed by atoms with Crippen molar-refractivity contribution >= 4 is 13.9 Å². The standard InChI is InChI=1S/C11H16N2Si/c1-12-11-6-5-10(9-13-11)7-8-14(2,3)4/h5-6,9H,1-4H3,(H,12,13). The number of hydrogen-bond acceptors (Lipinski definition) is 2. The van der Waals surface area contributed by atoms with E-state index in [1.807, 2.05) is 19.2 Å². The summed E-state index contributed by atoms with van der Waals surface area (Å²) in [7, 11) is 0.590. The van der Waals surface area contributed by atoms with Crippen LogP contribution in [0.15, 0.2) is 18.3 Å². The third-order valence-electron chi connectivity index (χ3n) is 1.60. The third-order valence-corrected chi connectivity index (χ3v) is 2.48. The van der Waals surface area contributed by atoms with Gasteiger partial charge in [0.2, 0.25) is 0 Å². The lowest BCUT2D eigenvalue weighted by Gasteiger charge is -2.03. The summed E-state index contributed by atoms with van der Waals surface area (Å²) in [6.45, 7) is 6.69. The van der Waals surface area contributed by atoms with E-state index in [9.17, 15) is 0 Å². The molecule has 1 heterocycles. The van der Waals surface area contributed by atoms with Gasteiger partial charge in [0.05, 0.1) is 0 Å². The normalized spacial score (nSPS) is 10.3. The predicted molar refractivity (Wildman–Crippen MR) is 64.0 cm³/mol. The second kappa shape index (κ2) is 4.29. The largest absolute Gasteiger partial charge is 0.373 e. The first-order valence-corrected chi connectivity index (χ1v) is 8.18. The van der Waals surface area contributed by atoms with Gasteiger partial charge in [-0.2, -0.15) is 0 Å². The van der Waals surface area contributed by atoms with Crippen molar-refractivity contribution in [3.8, 4) is 11.5 Å². The molecule has 1 aromatic rings. The first-order valence-electron chi connectivity index (χ1n) is 4.68. The van der Waals surface area contributed by atoms with E-state index in [4.69, 9.17) is 0 Å². The molecule has 1 rings (SSSR count). The number of rotatable bonds is 1. The molecule has 2 nitrogen and oxygen atoms in total. The minimum atomic E-state index is -1.27. The van der Waals surface area contributed by atoms with E-state index in [0.717, 1.165) is 11.4 Å². The summed E-state index contributed by atoms with van der Waals surface area (Å²) in [5, 5.41) is 2.98. The van der Waals surface area contributed by atoms with Gasteiger partial charge < -0.3 is 5.32 Å². The first-order chi connectivity index (χ1) is 6.51. The predicted octanol–water partition coefficient (Wildman–Crippen LogP) is 2.35. The van der Waals surface area contributed by atoms with Crippen LogP contribution in [0.3, 0.4) is 0 Å². The summed E-state index contributed by atoms with van der Waals surface area (Å²) in [5.74, 6) is 4.04. The fraction of sp³-hybridized carbons (Fsp3) is 0.364. The molecule has 0 aliphatic rings. The average Bonchev–Trinajstić information content (AvgIpc) is 2.14. The summed E-state index contributed by atoms with van der Waals surface area (Å²) in [5.41, 5.74) is 4.30. The van der Waals surface area contributed by atoms with Gasteiger partial charge in [-0.1, -0.05) is 25.6 Å². The van der Waals surface area contributed by atoms with E-state index in [1.165, 1.54) is 0 Å². The molecule has 1 N–H and O–H groups in total. The number of hydrogen-bond donors (Lipinski definition) is 1. The fourth-order valence-electron chi connectivity index (χ4n) is 0.875. The molecule has 0 aromatic carbocycles. The summed E-state index contributed by atoms with van der Waals surface area (Å²) in [6.07, 6.45) is 1.80. The number of pyridine rings is 1. The number of anilines is 1. The minimum absolute atomic E-state index is 0.878. The maximum absolute atomic E-state index is 4.20. The highest BCUT2D eigenvalue weighted by Gasteiger charge is 2.07. The maximum atomic E-state index is 4.20. The number of nitrogens with one attached hydrogen (secondary N) is 1. The van der Waals surface area contributed by atoms with Gasteiger partial charge in [0.25, 0.3) is 0 Å². The van der Waals surface area contributed by atoms with Gasteiger partial charge in [-0.25, -0.2) is 4.98 Å². The van der Waals surface area contributed by atoms with E-state index in [2.05, 4.69) is 41.4 Å². The first kappa shape index (κ1) is 10.8. The Morgan fingerprint density at radius 2 is 2.00 bits per heavy atom. The van der Waals surface area contributed by atoms with Crippen molar-refractivity contribution in [3.63, 3.8) is 0 Å². The quantitative estimate of drug-likeness (QED) is 0.561. The molecule has 0 saturated heterocycles.